The number of thiocarbonyl (C=S) groups is 1. The molecular weight excluding hydrogens is 214 g/mol. The maximum absolute atomic E-state index is 11.8. The summed E-state index contributed by atoms with van der Waals surface area (Å²) < 4.78 is 0. The van der Waals surface area contributed by atoms with Crippen molar-refractivity contribution < 1.29 is 9.59 Å². The standard InChI is InChI=1S/C9H15N3O2S/c1-5-2-9(3-5,7(11)15)8(14)12-4-6(10)13/h5H,2-4H2,1H3,(H2,10,13)(H2,11,15)(H,12,14). The van der Waals surface area contributed by atoms with Crippen LogP contribution in [0.1, 0.15) is 19.8 Å². The summed E-state index contributed by atoms with van der Waals surface area (Å²) in [7, 11) is 0. The molecule has 0 aliphatic heterocycles. The number of nitrogens with one attached hydrogen (secondary N) is 1. The number of nitrogens with two attached hydrogens (primary N) is 2. The SMILES string of the molecule is CC1CC(C(=O)NCC(N)=O)(C(N)=S)C1. The molecule has 0 aromatic heterocycles. The highest BCUT2D eigenvalue weighted by Gasteiger charge is 2.50. The number of hydrogen-bond acceptors (Lipinski definition) is 3. The second kappa shape index (κ2) is 4.14. The van der Waals surface area contributed by atoms with Crippen molar-refractivity contribution in [1.29, 1.82) is 0 Å². The summed E-state index contributed by atoms with van der Waals surface area (Å²) in [6.07, 6.45) is 1.29. The summed E-state index contributed by atoms with van der Waals surface area (Å²) >= 11 is 4.89. The zero-order valence-corrected chi connectivity index (χ0v) is 9.39. The van der Waals surface area contributed by atoms with Crippen molar-refractivity contribution in [3.8, 4) is 0 Å². The van der Waals surface area contributed by atoms with Crippen LogP contribution in [-0.4, -0.2) is 23.3 Å². The van der Waals surface area contributed by atoms with Gasteiger partial charge in [-0.25, -0.2) is 0 Å². The Bertz CT molecular complexity index is 310. The topological polar surface area (TPSA) is 98.2 Å². The molecule has 6 heteroatoms. The average molecular weight is 229 g/mol. The molecule has 0 heterocycles. The molecule has 0 aromatic rings. The van der Waals surface area contributed by atoms with Crippen molar-refractivity contribution in [2.24, 2.45) is 22.8 Å². The molecule has 0 aromatic carbocycles. The highest BCUT2D eigenvalue weighted by molar-refractivity contribution is 7.80. The van der Waals surface area contributed by atoms with E-state index in [1.165, 1.54) is 0 Å². The predicted octanol–water partition coefficient (Wildman–Crippen LogP) is -0.710. The van der Waals surface area contributed by atoms with Gasteiger partial charge in [0.2, 0.25) is 11.8 Å². The van der Waals surface area contributed by atoms with Gasteiger partial charge in [-0.05, 0) is 18.8 Å². The molecular formula is C9H15N3O2S. The van der Waals surface area contributed by atoms with Crippen LogP contribution in [0.2, 0.25) is 0 Å². The third-order valence-corrected chi connectivity index (χ3v) is 3.11. The first-order valence-corrected chi connectivity index (χ1v) is 5.16. The van der Waals surface area contributed by atoms with Crippen LogP contribution in [0.25, 0.3) is 0 Å². The largest absolute Gasteiger partial charge is 0.392 e. The smallest absolute Gasteiger partial charge is 0.236 e. The van der Waals surface area contributed by atoms with E-state index in [1.807, 2.05) is 6.92 Å². The highest BCUT2D eigenvalue weighted by Crippen LogP contribution is 2.45. The molecule has 84 valence electrons. The molecule has 0 saturated heterocycles. The van der Waals surface area contributed by atoms with Gasteiger partial charge in [0, 0.05) is 0 Å². The first-order chi connectivity index (χ1) is 6.88. The Morgan fingerprint density at radius 3 is 2.33 bits per heavy atom. The lowest BCUT2D eigenvalue weighted by Gasteiger charge is -2.43. The van der Waals surface area contributed by atoms with Gasteiger partial charge in [-0.2, -0.15) is 0 Å². The fourth-order valence-electron chi connectivity index (χ4n) is 1.97. The molecule has 5 N–H and O–H groups in total. The van der Waals surface area contributed by atoms with E-state index in [1.54, 1.807) is 0 Å². The monoisotopic (exact) mass is 229 g/mol. The van der Waals surface area contributed by atoms with Gasteiger partial charge in [0.15, 0.2) is 0 Å². The van der Waals surface area contributed by atoms with Gasteiger partial charge in [-0.3, -0.25) is 9.59 Å². The van der Waals surface area contributed by atoms with Gasteiger partial charge < -0.3 is 16.8 Å². The normalized spacial score (nSPS) is 29.0. The van der Waals surface area contributed by atoms with Crippen LogP contribution >= 0.6 is 12.2 Å². The summed E-state index contributed by atoms with van der Waals surface area (Å²) in [5, 5.41) is 2.45. The lowest BCUT2D eigenvalue weighted by atomic mass is 9.62. The molecule has 0 atom stereocenters. The molecule has 1 aliphatic carbocycles. The van der Waals surface area contributed by atoms with Crippen LogP contribution < -0.4 is 16.8 Å². The van der Waals surface area contributed by atoms with Crippen molar-refractivity contribution in [3.63, 3.8) is 0 Å². The number of carbonyl (C=O) groups is 2. The van der Waals surface area contributed by atoms with Crippen LogP contribution in [0, 0.1) is 11.3 Å². The molecule has 1 saturated carbocycles. The third kappa shape index (κ3) is 2.26. The van der Waals surface area contributed by atoms with Crippen LogP contribution in [0.5, 0.6) is 0 Å². The Hall–Kier alpha value is -1.17. The molecule has 1 rings (SSSR count). The van der Waals surface area contributed by atoms with Gasteiger partial charge in [0.25, 0.3) is 0 Å². The second-order valence-electron chi connectivity index (χ2n) is 4.11. The Balaban J connectivity index is 2.62. The van der Waals surface area contributed by atoms with Crippen LogP contribution in [0.3, 0.4) is 0 Å². The maximum atomic E-state index is 11.8. The lowest BCUT2D eigenvalue weighted by Crippen LogP contribution is -2.56. The van der Waals surface area contributed by atoms with Crippen molar-refractivity contribution in [3.05, 3.63) is 0 Å². The minimum absolute atomic E-state index is 0.169. The van der Waals surface area contributed by atoms with Gasteiger partial charge in [0.05, 0.1) is 16.9 Å². The van der Waals surface area contributed by atoms with E-state index >= 15 is 0 Å². The van der Waals surface area contributed by atoms with E-state index in [9.17, 15) is 9.59 Å². The van der Waals surface area contributed by atoms with Gasteiger partial charge >= 0.3 is 0 Å². The number of hydrogen-bond donors (Lipinski definition) is 3. The van der Waals surface area contributed by atoms with Crippen molar-refractivity contribution >= 4 is 29.0 Å². The van der Waals surface area contributed by atoms with E-state index in [0.29, 0.717) is 18.8 Å². The van der Waals surface area contributed by atoms with Gasteiger partial charge in [-0.15, -0.1) is 0 Å². The summed E-state index contributed by atoms with van der Waals surface area (Å²) in [4.78, 5) is 22.5. The van der Waals surface area contributed by atoms with E-state index in [-0.39, 0.29) is 17.4 Å². The molecule has 0 bridgehead atoms. The molecule has 0 unspecified atom stereocenters. The van der Waals surface area contributed by atoms with Crippen LogP contribution in [0.4, 0.5) is 0 Å². The van der Waals surface area contributed by atoms with Crippen molar-refractivity contribution in [1.82, 2.24) is 5.32 Å². The molecule has 1 aliphatic rings. The Kier molecular flexibility index (Phi) is 3.28. The fourth-order valence-corrected chi connectivity index (χ4v) is 2.22. The molecule has 0 radical (unpaired) electrons. The average Bonchev–Trinajstić information content (AvgIpc) is 2.07. The zero-order valence-electron chi connectivity index (χ0n) is 8.58. The Labute approximate surface area is 93.6 Å². The zero-order chi connectivity index (χ0) is 11.6. The maximum Gasteiger partial charge on any atom is 0.236 e. The number of carbonyl (C=O) groups excluding carboxylic acids is 2. The minimum atomic E-state index is -0.760. The van der Waals surface area contributed by atoms with Gasteiger partial charge in [-0.1, -0.05) is 19.1 Å². The molecule has 2 amide bonds. The predicted molar refractivity (Wildman–Crippen MR) is 59.8 cm³/mol. The third-order valence-electron chi connectivity index (χ3n) is 2.72. The van der Waals surface area contributed by atoms with Crippen LogP contribution in [-0.2, 0) is 9.59 Å². The van der Waals surface area contributed by atoms with Crippen molar-refractivity contribution in [2.45, 2.75) is 19.8 Å². The van der Waals surface area contributed by atoms with E-state index in [4.69, 9.17) is 23.7 Å². The quantitative estimate of drug-likeness (QED) is 0.555. The summed E-state index contributed by atoms with van der Waals surface area (Å²) in [5.41, 5.74) is 9.73. The number of rotatable bonds is 4. The highest BCUT2D eigenvalue weighted by atomic mass is 32.1. The number of primary amides is 1. The summed E-state index contributed by atoms with van der Waals surface area (Å²) in [6, 6.07) is 0. The summed E-state index contributed by atoms with van der Waals surface area (Å²) in [5.74, 6) is -0.425. The van der Waals surface area contributed by atoms with E-state index < -0.39 is 11.3 Å². The minimum Gasteiger partial charge on any atom is -0.392 e. The number of amides is 2. The molecule has 1 fully saturated rings. The van der Waals surface area contributed by atoms with Crippen molar-refractivity contribution in [2.75, 3.05) is 6.54 Å². The fraction of sp³-hybridized carbons (Fsp3) is 0.667. The summed E-state index contributed by atoms with van der Waals surface area (Å²) in [6.45, 7) is 1.86. The Morgan fingerprint density at radius 2 is 2.00 bits per heavy atom. The Morgan fingerprint density at radius 1 is 1.47 bits per heavy atom. The second-order valence-corrected chi connectivity index (χ2v) is 4.55. The first-order valence-electron chi connectivity index (χ1n) is 4.75. The van der Waals surface area contributed by atoms with Crippen LogP contribution in [0.15, 0.2) is 0 Å². The van der Waals surface area contributed by atoms with Gasteiger partial charge in [0.1, 0.15) is 0 Å². The van der Waals surface area contributed by atoms with E-state index in [2.05, 4.69) is 5.32 Å². The molecule has 0 spiro atoms. The van der Waals surface area contributed by atoms with E-state index in [0.717, 1.165) is 0 Å². The lowest BCUT2D eigenvalue weighted by molar-refractivity contribution is -0.134. The molecule has 15 heavy (non-hydrogen) atoms. The molecule has 5 nitrogen and oxygen atoms in total. The first kappa shape index (κ1) is 11.9.